The summed E-state index contributed by atoms with van der Waals surface area (Å²) in [5.41, 5.74) is 1.69. The quantitative estimate of drug-likeness (QED) is 0.924. The number of anilines is 1. The van der Waals surface area contributed by atoms with Gasteiger partial charge in [0.2, 0.25) is 0 Å². The summed E-state index contributed by atoms with van der Waals surface area (Å²) in [6.45, 7) is 0.661. The Bertz CT molecular complexity index is 674. The van der Waals surface area contributed by atoms with Crippen molar-refractivity contribution < 1.29 is 13.2 Å². The van der Waals surface area contributed by atoms with Crippen molar-refractivity contribution in [2.75, 3.05) is 11.9 Å². The fourth-order valence-electron chi connectivity index (χ4n) is 3.16. The summed E-state index contributed by atoms with van der Waals surface area (Å²) in [7, 11) is 1.86. The predicted octanol–water partition coefficient (Wildman–Crippen LogP) is 3.66. The first-order chi connectivity index (χ1) is 11.4. The minimum absolute atomic E-state index is 0.229. The predicted molar refractivity (Wildman–Crippen MR) is 84.2 cm³/mol. The highest BCUT2D eigenvalue weighted by Crippen LogP contribution is 2.39. The molecule has 1 saturated carbocycles. The van der Waals surface area contributed by atoms with E-state index < -0.39 is 12.1 Å². The molecule has 24 heavy (non-hydrogen) atoms. The Morgan fingerprint density at radius 1 is 1.21 bits per heavy atom. The maximum Gasteiger partial charge on any atom is 0.391 e. The second kappa shape index (κ2) is 6.78. The number of halogens is 3. The van der Waals surface area contributed by atoms with Crippen LogP contribution in [-0.2, 0) is 7.05 Å². The first-order valence-corrected chi connectivity index (χ1v) is 8.03. The molecular weight excluding hydrogens is 319 g/mol. The van der Waals surface area contributed by atoms with Crippen molar-refractivity contribution in [3.63, 3.8) is 0 Å². The Morgan fingerprint density at radius 2 is 1.96 bits per heavy atom. The van der Waals surface area contributed by atoms with Crippen LogP contribution in [0.5, 0.6) is 0 Å². The van der Waals surface area contributed by atoms with Crippen LogP contribution in [0.15, 0.2) is 24.8 Å². The van der Waals surface area contributed by atoms with Gasteiger partial charge >= 0.3 is 6.18 Å². The van der Waals surface area contributed by atoms with Gasteiger partial charge < -0.3 is 9.88 Å². The summed E-state index contributed by atoms with van der Waals surface area (Å²) in [5, 5.41) is 11.2. The zero-order valence-corrected chi connectivity index (χ0v) is 13.4. The summed E-state index contributed by atoms with van der Waals surface area (Å²) in [4.78, 5) is 4.20. The Hall–Kier alpha value is -2.12. The fraction of sp³-hybridized carbons (Fsp3) is 0.562. The van der Waals surface area contributed by atoms with E-state index in [-0.39, 0.29) is 18.8 Å². The molecule has 2 aromatic heterocycles. The second-order valence-electron chi connectivity index (χ2n) is 6.37. The lowest BCUT2D eigenvalue weighted by molar-refractivity contribution is -0.183. The van der Waals surface area contributed by atoms with Crippen LogP contribution >= 0.6 is 0 Å². The first-order valence-electron chi connectivity index (χ1n) is 8.03. The van der Waals surface area contributed by atoms with E-state index in [0.717, 1.165) is 17.1 Å². The van der Waals surface area contributed by atoms with E-state index >= 15 is 0 Å². The molecule has 130 valence electrons. The van der Waals surface area contributed by atoms with Gasteiger partial charge in [-0.2, -0.15) is 13.2 Å². The highest BCUT2D eigenvalue weighted by molar-refractivity contribution is 5.60. The third kappa shape index (κ3) is 3.85. The fourth-order valence-corrected chi connectivity index (χ4v) is 3.16. The lowest BCUT2D eigenvalue weighted by Gasteiger charge is -2.30. The van der Waals surface area contributed by atoms with Crippen LogP contribution in [0.4, 0.5) is 18.9 Å². The van der Waals surface area contributed by atoms with E-state index in [1.54, 1.807) is 23.3 Å². The van der Waals surface area contributed by atoms with Crippen molar-refractivity contribution in [1.29, 1.82) is 0 Å². The van der Waals surface area contributed by atoms with Gasteiger partial charge in [0.25, 0.3) is 0 Å². The Kier molecular flexibility index (Phi) is 4.73. The van der Waals surface area contributed by atoms with E-state index in [9.17, 15) is 13.2 Å². The zero-order chi connectivity index (χ0) is 17.2. The van der Waals surface area contributed by atoms with Crippen molar-refractivity contribution in [2.24, 2.45) is 18.9 Å². The van der Waals surface area contributed by atoms with E-state index in [2.05, 4.69) is 20.5 Å². The summed E-state index contributed by atoms with van der Waals surface area (Å²) < 4.78 is 39.9. The van der Waals surface area contributed by atoms with E-state index in [4.69, 9.17) is 0 Å². The number of pyridine rings is 1. The standard InChI is InChI=1S/C16H20F3N5/c1-24-10-22-23-15(24)12-6-14(9-20-8-12)21-7-11-2-4-13(5-3-11)16(17,18)19/h6,8-11,13,21H,2-5,7H2,1H3. The zero-order valence-electron chi connectivity index (χ0n) is 13.4. The van der Waals surface area contributed by atoms with Crippen LogP contribution in [0, 0.1) is 11.8 Å². The molecule has 0 amide bonds. The smallest absolute Gasteiger partial charge is 0.384 e. The molecule has 0 spiro atoms. The molecule has 0 saturated heterocycles. The lowest BCUT2D eigenvalue weighted by Crippen LogP contribution is -2.29. The second-order valence-corrected chi connectivity index (χ2v) is 6.37. The number of alkyl halides is 3. The minimum atomic E-state index is -4.05. The van der Waals surface area contributed by atoms with Gasteiger partial charge in [-0.25, -0.2) is 0 Å². The molecule has 2 heterocycles. The number of hydrogen-bond acceptors (Lipinski definition) is 4. The first kappa shape index (κ1) is 16.7. The number of nitrogens with zero attached hydrogens (tertiary/aromatic N) is 4. The Morgan fingerprint density at radius 3 is 2.58 bits per heavy atom. The van der Waals surface area contributed by atoms with Crippen LogP contribution in [0.1, 0.15) is 25.7 Å². The number of nitrogens with one attached hydrogen (secondary N) is 1. The molecular formula is C16H20F3N5. The van der Waals surface area contributed by atoms with Gasteiger partial charge in [0.15, 0.2) is 5.82 Å². The molecule has 0 radical (unpaired) electrons. The normalized spacial score (nSPS) is 21.7. The van der Waals surface area contributed by atoms with Gasteiger partial charge in [0.05, 0.1) is 11.6 Å². The van der Waals surface area contributed by atoms with Crippen molar-refractivity contribution >= 4 is 5.69 Å². The van der Waals surface area contributed by atoms with Crippen LogP contribution in [0.25, 0.3) is 11.4 Å². The molecule has 0 aliphatic heterocycles. The highest BCUT2D eigenvalue weighted by atomic mass is 19.4. The number of rotatable bonds is 4. The van der Waals surface area contributed by atoms with Crippen LogP contribution in [-0.4, -0.2) is 32.5 Å². The van der Waals surface area contributed by atoms with Crippen molar-refractivity contribution in [2.45, 2.75) is 31.9 Å². The monoisotopic (exact) mass is 339 g/mol. The van der Waals surface area contributed by atoms with Crippen LogP contribution in [0.3, 0.4) is 0 Å². The number of hydrogen-bond donors (Lipinski definition) is 1. The molecule has 8 heteroatoms. The van der Waals surface area contributed by atoms with E-state index in [0.29, 0.717) is 19.4 Å². The largest absolute Gasteiger partial charge is 0.391 e. The van der Waals surface area contributed by atoms with Crippen molar-refractivity contribution in [3.8, 4) is 11.4 Å². The molecule has 0 bridgehead atoms. The molecule has 2 aromatic rings. The number of aryl methyl sites for hydroxylation is 1. The molecule has 0 atom stereocenters. The van der Waals surface area contributed by atoms with E-state index in [1.807, 2.05) is 13.1 Å². The van der Waals surface area contributed by atoms with Crippen molar-refractivity contribution in [1.82, 2.24) is 19.7 Å². The summed E-state index contributed by atoms with van der Waals surface area (Å²) in [6.07, 6.45) is 2.66. The molecule has 5 nitrogen and oxygen atoms in total. The average Bonchev–Trinajstić information content (AvgIpc) is 2.99. The maximum absolute atomic E-state index is 12.7. The van der Waals surface area contributed by atoms with Gasteiger partial charge in [-0.15, -0.1) is 10.2 Å². The molecule has 0 unspecified atom stereocenters. The van der Waals surface area contributed by atoms with Gasteiger partial charge in [0, 0.05) is 31.5 Å². The van der Waals surface area contributed by atoms with Crippen LogP contribution in [0.2, 0.25) is 0 Å². The van der Waals surface area contributed by atoms with Gasteiger partial charge in [-0.3, -0.25) is 4.98 Å². The average molecular weight is 339 g/mol. The highest BCUT2D eigenvalue weighted by Gasteiger charge is 2.41. The number of aromatic nitrogens is 4. The van der Waals surface area contributed by atoms with Crippen LogP contribution < -0.4 is 5.32 Å². The third-order valence-corrected chi connectivity index (χ3v) is 4.61. The minimum Gasteiger partial charge on any atom is -0.384 e. The molecule has 1 aliphatic rings. The maximum atomic E-state index is 12.7. The third-order valence-electron chi connectivity index (χ3n) is 4.61. The summed E-state index contributed by atoms with van der Waals surface area (Å²) >= 11 is 0. The molecule has 3 rings (SSSR count). The Balaban J connectivity index is 1.56. The lowest BCUT2D eigenvalue weighted by atomic mass is 9.81. The van der Waals surface area contributed by atoms with E-state index in [1.165, 1.54) is 0 Å². The molecule has 1 fully saturated rings. The van der Waals surface area contributed by atoms with Gasteiger partial charge in [-0.1, -0.05) is 0 Å². The van der Waals surface area contributed by atoms with Crippen molar-refractivity contribution in [3.05, 3.63) is 24.8 Å². The van der Waals surface area contributed by atoms with Gasteiger partial charge in [0.1, 0.15) is 6.33 Å². The summed E-state index contributed by atoms with van der Waals surface area (Å²) in [6, 6.07) is 1.93. The Labute approximate surface area is 138 Å². The molecule has 0 aromatic carbocycles. The molecule has 1 aliphatic carbocycles. The molecule has 1 N–H and O–H groups in total. The SMILES string of the molecule is Cn1cnnc1-c1cncc(NCC2CCC(C(F)(F)F)CC2)c1. The van der Waals surface area contributed by atoms with Gasteiger partial charge in [-0.05, 0) is 37.7 Å². The topological polar surface area (TPSA) is 55.6 Å². The summed E-state index contributed by atoms with van der Waals surface area (Å²) in [5.74, 6) is -0.145.